The van der Waals surface area contributed by atoms with Gasteiger partial charge in [-0.15, -0.1) is 17.0 Å². The lowest BCUT2D eigenvalue weighted by Gasteiger charge is -2.29. The first kappa shape index (κ1) is 24.3. The van der Waals surface area contributed by atoms with E-state index in [1.54, 1.807) is 0 Å². The van der Waals surface area contributed by atoms with E-state index in [4.69, 9.17) is 4.99 Å². The molecule has 32 heavy (non-hydrogen) atoms. The summed E-state index contributed by atoms with van der Waals surface area (Å²) in [5, 5.41) is 11.0. The first-order chi connectivity index (χ1) is 14.5. The van der Waals surface area contributed by atoms with Crippen LogP contribution in [0.2, 0.25) is 0 Å². The van der Waals surface area contributed by atoms with Gasteiger partial charge in [-0.25, -0.2) is 0 Å². The molecule has 0 amide bonds. The number of phenols is 1. The van der Waals surface area contributed by atoms with E-state index in [9.17, 15) is 9.90 Å². The third-order valence-electron chi connectivity index (χ3n) is 6.09. The quantitative estimate of drug-likeness (QED) is 0.539. The number of aliphatic imine (C=N–C) groups is 1. The Labute approximate surface area is 201 Å². The van der Waals surface area contributed by atoms with Crippen molar-refractivity contribution in [1.82, 2.24) is 0 Å². The van der Waals surface area contributed by atoms with Crippen LogP contribution in [0.4, 0.5) is 11.4 Å². The van der Waals surface area contributed by atoms with Crippen LogP contribution in [-0.2, 0) is 10.8 Å². The maximum absolute atomic E-state index is 13.6. The molecule has 0 atom stereocenters. The molecule has 2 aliphatic rings. The standard InChI is InChI=1S/C26H33N3O2.BrH/c1-25(2,3)18-14-17(15-19(23(18)31)26(4,5)6)22(30)16-29-21-11-8-7-10-20(21)28-13-9-12-27-24(28)29;/h7-8,10-11,14-15,31H,9,12-13,16H2,1-6H3;1H. The molecule has 0 radical (unpaired) electrons. The number of hydrogen-bond donors (Lipinski definition) is 1. The number of ketones is 1. The number of Topliss-reactive ketones (excluding diaryl/α,β-unsaturated/α-hetero) is 1. The summed E-state index contributed by atoms with van der Waals surface area (Å²) in [6, 6.07) is 11.9. The van der Waals surface area contributed by atoms with E-state index in [-0.39, 0.29) is 40.1 Å². The molecule has 0 unspecified atom stereocenters. The Morgan fingerprint density at radius 1 is 1.00 bits per heavy atom. The number of phenolic OH excluding ortho intramolecular Hbond substituents is 1. The summed E-state index contributed by atoms with van der Waals surface area (Å²) >= 11 is 0. The van der Waals surface area contributed by atoms with Crippen LogP contribution in [0.1, 0.15) is 69.4 Å². The monoisotopic (exact) mass is 499 g/mol. The Hall–Kier alpha value is -2.34. The number of guanidine groups is 1. The van der Waals surface area contributed by atoms with E-state index >= 15 is 0 Å². The lowest BCUT2D eigenvalue weighted by atomic mass is 9.78. The molecule has 2 aliphatic heterocycles. The largest absolute Gasteiger partial charge is 0.507 e. The summed E-state index contributed by atoms with van der Waals surface area (Å²) < 4.78 is 0. The summed E-state index contributed by atoms with van der Waals surface area (Å²) in [4.78, 5) is 22.5. The molecule has 2 heterocycles. The van der Waals surface area contributed by atoms with E-state index < -0.39 is 0 Å². The molecule has 4 rings (SSSR count). The van der Waals surface area contributed by atoms with Gasteiger partial charge in [0.05, 0.1) is 17.9 Å². The second-order valence-corrected chi connectivity index (χ2v) is 10.6. The molecule has 0 aliphatic carbocycles. The molecule has 2 aromatic carbocycles. The number of nitrogens with zero attached hydrogens (tertiary/aromatic N) is 3. The van der Waals surface area contributed by atoms with Crippen LogP contribution in [0, 0.1) is 0 Å². The van der Waals surface area contributed by atoms with Crippen molar-refractivity contribution < 1.29 is 9.90 Å². The van der Waals surface area contributed by atoms with Crippen LogP contribution in [0.15, 0.2) is 41.4 Å². The molecule has 1 N–H and O–H groups in total. The molecule has 2 aromatic rings. The van der Waals surface area contributed by atoms with Crippen molar-refractivity contribution in [3.63, 3.8) is 0 Å². The highest BCUT2D eigenvalue weighted by Gasteiger charge is 2.35. The maximum atomic E-state index is 13.6. The van der Waals surface area contributed by atoms with Gasteiger partial charge in [-0.05, 0) is 41.5 Å². The molecule has 0 aromatic heterocycles. The van der Waals surface area contributed by atoms with Gasteiger partial charge >= 0.3 is 0 Å². The average Bonchev–Trinajstić information content (AvgIpc) is 3.00. The number of carbonyl (C=O) groups is 1. The lowest BCUT2D eigenvalue weighted by Crippen LogP contribution is -2.44. The van der Waals surface area contributed by atoms with E-state index in [1.165, 1.54) is 0 Å². The lowest BCUT2D eigenvalue weighted by molar-refractivity contribution is 0.100. The topological polar surface area (TPSA) is 56.1 Å². The minimum Gasteiger partial charge on any atom is -0.507 e. The number of halogens is 1. The fraction of sp³-hybridized carbons (Fsp3) is 0.462. The Kier molecular flexibility index (Phi) is 6.49. The molecule has 172 valence electrons. The second kappa shape index (κ2) is 8.54. The summed E-state index contributed by atoms with van der Waals surface area (Å²) in [7, 11) is 0. The molecule has 0 fully saturated rings. The number of fused-ring (bicyclic) bond motifs is 3. The molecule has 0 spiro atoms. The molecule has 6 heteroatoms. The van der Waals surface area contributed by atoms with Crippen molar-refractivity contribution in [2.24, 2.45) is 4.99 Å². The number of para-hydroxylation sites is 2. The maximum Gasteiger partial charge on any atom is 0.206 e. The first-order valence-corrected chi connectivity index (χ1v) is 11.1. The Morgan fingerprint density at radius 3 is 2.12 bits per heavy atom. The number of benzene rings is 2. The fourth-order valence-corrected chi connectivity index (χ4v) is 4.41. The molecule has 0 saturated heterocycles. The highest BCUT2D eigenvalue weighted by molar-refractivity contribution is 8.93. The predicted molar refractivity (Wildman–Crippen MR) is 138 cm³/mol. The predicted octanol–water partition coefficient (Wildman–Crippen LogP) is 5.83. The van der Waals surface area contributed by atoms with Crippen molar-refractivity contribution in [3.05, 3.63) is 53.1 Å². The zero-order valence-electron chi connectivity index (χ0n) is 19.9. The van der Waals surface area contributed by atoms with Crippen LogP contribution in [0.25, 0.3) is 0 Å². The van der Waals surface area contributed by atoms with Gasteiger partial charge in [-0.1, -0.05) is 53.7 Å². The van der Waals surface area contributed by atoms with Crippen molar-refractivity contribution in [2.45, 2.75) is 58.8 Å². The number of aromatic hydroxyl groups is 1. The summed E-state index contributed by atoms with van der Waals surface area (Å²) in [5.74, 6) is 1.19. The Morgan fingerprint density at radius 2 is 1.56 bits per heavy atom. The van der Waals surface area contributed by atoms with Gasteiger partial charge in [-0.3, -0.25) is 9.79 Å². The second-order valence-electron chi connectivity index (χ2n) is 10.6. The fourth-order valence-electron chi connectivity index (χ4n) is 4.41. The van der Waals surface area contributed by atoms with Crippen molar-refractivity contribution in [3.8, 4) is 5.75 Å². The molecule has 5 nitrogen and oxygen atoms in total. The average molecular weight is 500 g/mol. The van der Waals surface area contributed by atoms with Gasteiger partial charge in [-0.2, -0.15) is 0 Å². The summed E-state index contributed by atoms with van der Waals surface area (Å²) in [6.07, 6.45) is 1.02. The smallest absolute Gasteiger partial charge is 0.206 e. The zero-order valence-corrected chi connectivity index (χ0v) is 21.6. The van der Waals surface area contributed by atoms with Crippen LogP contribution >= 0.6 is 17.0 Å². The van der Waals surface area contributed by atoms with Gasteiger partial charge in [0, 0.05) is 29.8 Å². The Bertz CT molecular complexity index is 1030. The van der Waals surface area contributed by atoms with Crippen molar-refractivity contribution >= 4 is 40.1 Å². The van der Waals surface area contributed by atoms with Gasteiger partial charge < -0.3 is 14.9 Å². The van der Waals surface area contributed by atoms with Crippen molar-refractivity contribution in [2.75, 3.05) is 29.4 Å². The van der Waals surface area contributed by atoms with Gasteiger partial charge in [0.25, 0.3) is 0 Å². The van der Waals surface area contributed by atoms with Crippen LogP contribution < -0.4 is 9.80 Å². The first-order valence-electron chi connectivity index (χ1n) is 11.1. The normalized spacial score (nSPS) is 15.6. The van der Waals surface area contributed by atoms with Crippen LogP contribution in [0.5, 0.6) is 5.75 Å². The molecular weight excluding hydrogens is 466 g/mol. The number of anilines is 2. The SMILES string of the molecule is Br.CC(C)(C)c1cc(C(=O)CN2C3=NCCCN3c3ccccc32)cc(C(C)(C)C)c1O. The highest BCUT2D eigenvalue weighted by Crippen LogP contribution is 2.41. The van der Waals surface area contributed by atoms with E-state index in [0.717, 1.165) is 48.0 Å². The van der Waals surface area contributed by atoms with Crippen LogP contribution in [0.3, 0.4) is 0 Å². The third kappa shape index (κ3) is 4.29. The van der Waals surface area contributed by atoms with Gasteiger partial charge in [0.15, 0.2) is 5.78 Å². The van der Waals surface area contributed by atoms with E-state index in [2.05, 4.69) is 58.6 Å². The van der Waals surface area contributed by atoms with Gasteiger partial charge in [0.1, 0.15) is 5.75 Å². The zero-order chi connectivity index (χ0) is 22.6. The summed E-state index contributed by atoms with van der Waals surface area (Å²) in [5.41, 5.74) is 3.85. The van der Waals surface area contributed by atoms with Gasteiger partial charge in [0.2, 0.25) is 5.96 Å². The van der Waals surface area contributed by atoms with E-state index in [0.29, 0.717) is 11.3 Å². The number of hydrogen-bond acceptors (Lipinski definition) is 5. The number of carbonyl (C=O) groups excluding carboxylic acids is 1. The van der Waals surface area contributed by atoms with E-state index in [1.807, 2.05) is 29.2 Å². The van der Waals surface area contributed by atoms with Crippen molar-refractivity contribution in [1.29, 1.82) is 0 Å². The van der Waals surface area contributed by atoms with Crippen LogP contribution in [-0.4, -0.2) is 36.5 Å². The number of rotatable bonds is 3. The Balaban J connectivity index is 0.00000289. The highest BCUT2D eigenvalue weighted by atomic mass is 79.9. The third-order valence-corrected chi connectivity index (χ3v) is 6.09. The molecule has 0 bridgehead atoms. The minimum atomic E-state index is -0.273. The summed E-state index contributed by atoms with van der Waals surface area (Å²) in [6.45, 7) is 14.3. The minimum absolute atomic E-state index is 0. The molecule has 0 saturated carbocycles. The molecular formula is C26H34BrN3O2.